The second-order valence-corrected chi connectivity index (χ2v) is 7.00. The molecule has 0 heterocycles. The Bertz CT molecular complexity index is 829. The molecule has 0 aliphatic carbocycles. The number of nitrogens with zero attached hydrogens (tertiary/aromatic N) is 2. The number of nitro groups is 1. The molecule has 136 valence electrons. The van der Waals surface area contributed by atoms with E-state index in [2.05, 4.69) is 26.5 Å². The number of amides is 1. The molecule has 0 aromatic heterocycles. The number of hydrazone groups is 1. The highest BCUT2D eigenvalue weighted by Crippen LogP contribution is 2.22. The summed E-state index contributed by atoms with van der Waals surface area (Å²) in [6.07, 6.45) is 1.32. The number of benzene rings is 2. The van der Waals surface area contributed by atoms with Gasteiger partial charge in [0.05, 0.1) is 24.0 Å². The van der Waals surface area contributed by atoms with Gasteiger partial charge in [0.1, 0.15) is 5.75 Å². The van der Waals surface area contributed by atoms with E-state index in [1.165, 1.54) is 43.3 Å². The van der Waals surface area contributed by atoms with E-state index in [9.17, 15) is 14.9 Å². The molecule has 2 rings (SSSR count). The normalized spacial score (nSPS) is 10.7. The number of hydrogen-bond donors (Lipinski definition) is 1. The van der Waals surface area contributed by atoms with Crippen LogP contribution in [0.4, 0.5) is 5.69 Å². The molecule has 0 atom stereocenters. The first kappa shape index (κ1) is 19.9. The van der Waals surface area contributed by atoms with E-state index in [4.69, 9.17) is 4.74 Å². The van der Waals surface area contributed by atoms with Gasteiger partial charge in [0.15, 0.2) is 0 Å². The first-order chi connectivity index (χ1) is 12.5. The molecule has 7 nitrogen and oxygen atoms in total. The van der Waals surface area contributed by atoms with Crippen LogP contribution in [0.2, 0.25) is 0 Å². The standard InChI is InChI=1S/C17H16BrN3O4S/c1-25-16-6-5-15(21(23)24)8-13(16)9-19-20-17(22)11-26-10-12-3-2-4-14(18)7-12/h2-9H,10-11H2,1H3,(H,20,22)/b19-9-. The summed E-state index contributed by atoms with van der Waals surface area (Å²) < 4.78 is 6.12. The molecule has 9 heteroatoms. The zero-order chi connectivity index (χ0) is 18.9. The topological polar surface area (TPSA) is 93.8 Å². The van der Waals surface area contributed by atoms with E-state index in [0.29, 0.717) is 17.1 Å². The number of rotatable bonds is 8. The monoisotopic (exact) mass is 437 g/mol. The molecule has 26 heavy (non-hydrogen) atoms. The summed E-state index contributed by atoms with van der Waals surface area (Å²) in [5.74, 6) is 1.12. The maximum atomic E-state index is 11.8. The molecule has 2 aromatic rings. The van der Waals surface area contributed by atoms with Crippen molar-refractivity contribution in [3.8, 4) is 5.75 Å². The van der Waals surface area contributed by atoms with Gasteiger partial charge in [-0.25, -0.2) is 5.43 Å². The van der Waals surface area contributed by atoms with E-state index in [1.807, 2.05) is 24.3 Å². The lowest BCUT2D eigenvalue weighted by atomic mass is 10.2. The number of nitrogens with one attached hydrogen (secondary N) is 1. The Morgan fingerprint density at radius 1 is 1.38 bits per heavy atom. The van der Waals surface area contributed by atoms with Crippen molar-refractivity contribution in [3.05, 3.63) is 68.2 Å². The molecule has 0 saturated carbocycles. The first-order valence-corrected chi connectivity index (χ1v) is 9.41. The predicted molar refractivity (Wildman–Crippen MR) is 106 cm³/mol. The van der Waals surface area contributed by atoms with Crippen LogP contribution in [0.1, 0.15) is 11.1 Å². The number of ether oxygens (including phenoxy) is 1. The van der Waals surface area contributed by atoms with Gasteiger partial charge >= 0.3 is 0 Å². The third-order valence-corrected chi connectivity index (χ3v) is 4.70. The fourth-order valence-corrected chi connectivity index (χ4v) is 3.24. The fourth-order valence-electron chi connectivity index (χ4n) is 2.03. The lowest BCUT2D eigenvalue weighted by Crippen LogP contribution is -2.19. The number of thioether (sulfide) groups is 1. The van der Waals surface area contributed by atoms with Crippen LogP contribution in [-0.2, 0) is 10.5 Å². The minimum Gasteiger partial charge on any atom is -0.496 e. The van der Waals surface area contributed by atoms with Gasteiger partial charge in [-0.3, -0.25) is 14.9 Å². The van der Waals surface area contributed by atoms with Crippen LogP contribution in [-0.4, -0.2) is 29.9 Å². The van der Waals surface area contributed by atoms with E-state index in [1.54, 1.807) is 0 Å². The average molecular weight is 438 g/mol. The van der Waals surface area contributed by atoms with Gasteiger partial charge in [-0.1, -0.05) is 28.1 Å². The number of hydrogen-bond acceptors (Lipinski definition) is 6. The quantitative estimate of drug-likeness (QED) is 0.385. The maximum Gasteiger partial charge on any atom is 0.270 e. The fraction of sp³-hybridized carbons (Fsp3) is 0.176. The van der Waals surface area contributed by atoms with Crippen LogP contribution in [0.15, 0.2) is 52.0 Å². The van der Waals surface area contributed by atoms with Crippen molar-refractivity contribution in [2.45, 2.75) is 5.75 Å². The first-order valence-electron chi connectivity index (χ1n) is 7.46. The molecule has 0 radical (unpaired) electrons. The van der Waals surface area contributed by atoms with Crippen molar-refractivity contribution < 1.29 is 14.5 Å². The third-order valence-electron chi connectivity index (χ3n) is 3.21. The van der Waals surface area contributed by atoms with Gasteiger partial charge in [-0.05, 0) is 23.8 Å². The smallest absolute Gasteiger partial charge is 0.270 e. The molecule has 1 amide bonds. The molecular formula is C17H16BrN3O4S. The van der Waals surface area contributed by atoms with Crippen molar-refractivity contribution in [1.82, 2.24) is 5.43 Å². The Kier molecular flexibility index (Phi) is 7.61. The lowest BCUT2D eigenvalue weighted by molar-refractivity contribution is -0.384. The highest BCUT2D eigenvalue weighted by atomic mass is 79.9. The van der Waals surface area contributed by atoms with Gasteiger partial charge in [0.25, 0.3) is 5.69 Å². The summed E-state index contributed by atoms with van der Waals surface area (Å²) in [6, 6.07) is 12.0. The van der Waals surface area contributed by atoms with Gasteiger partial charge in [-0.2, -0.15) is 5.10 Å². The summed E-state index contributed by atoms with van der Waals surface area (Å²) in [7, 11) is 1.45. The minimum atomic E-state index is -0.506. The van der Waals surface area contributed by atoms with E-state index in [0.717, 1.165) is 10.0 Å². The van der Waals surface area contributed by atoms with Crippen LogP contribution in [0.3, 0.4) is 0 Å². The van der Waals surface area contributed by atoms with Gasteiger partial charge in [0.2, 0.25) is 5.91 Å². The number of carbonyl (C=O) groups is 1. The Labute approximate surface area is 163 Å². The highest BCUT2D eigenvalue weighted by Gasteiger charge is 2.10. The number of non-ortho nitro benzene ring substituents is 1. The number of nitro benzene ring substituents is 1. The summed E-state index contributed by atoms with van der Waals surface area (Å²) in [4.78, 5) is 22.2. The van der Waals surface area contributed by atoms with E-state index in [-0.39, 0.29) is 17.3 Å². The van der Waals surface area contributed by atoms with Gasteiger partial charge < -0.3 is 4.74 Å². The Hall–Kier alpha value is -2.39. The maximum absolute atomic E-state index is 11.8. The summed E-state index contributed by atoms with van der Waals surface area (Å²) in [6.45, 7) is 0. The molecule has 0 unspecified atom stereocenters. The van der Waals surface area contributed by atoms with Gasteiger partial charge in [0, 0.05) is 27.9 Å². The zero-order valence-corrected chi connectivity index (χ0v) is 16.2. The zero-order valence-electron chi connectivity index (χ0n) is 13.8. The number of methoxy groups -OCH3 is 1. The molecule has 1 N–H and O–H groups in total. The Morgan fingerprint density at radius 2 is 2.19 bits per heavy atom. The average Bonchev–Trinajstić information content (AvgIpc) is 2.61. The highest BCUT2D eigenvalue weighted by molar-refractivity contribution is 9.10. The summed E-state index contributed by atoms with van der Waals surface area (Å²) >= 11 is 4.87. The molecule has 0 aliphatic rings. The summed E-state index contributed by atoms with van der Waals surface area (Å²) in [5.41, 5.74) is 3.84. The van der Waals surface area contributed by atoms with Crippen LogP contribution < -0.4 is 10.2 Å². The predicted octanol–water partition coefficient (Wildman–Crippen LogP) is 3.75. The molecule has 0 spiro atoms. The van der Waals surface area contributed by atoms with E-state index < -0.39 is 4.92 Å². The third kappa shape index (κ3) is 6.16. The number of carbonyl (C=O) groups excluding carboxylic acids is 1. The van der Waals surface area contributed by atoms with Crippen molar-refractivity contribution >= 4 is 45.5 Å². The lowest BCUT2D eigenvalue weighted by Gasteiger charge is -2.04. The van der Waals surface area contributed by atoms with E-state index >= 15 is 0 Å². The Morgan fingerprint density at radius 3 is 2.88 bits per heavy atom. The molecular weight excluding hydrogens is 422 g/mol. The van der Waals surface area contributed by atoms with Crippen LogP contribution in [0.5, 0.6) is 5.75 Å². The molecule has 0 bridgehead atoms. The Balaban J connectivity index is 1.86. The van der Waals surface area contributed by atoms with Crippen molar-refractivity contribution in [2.24, 2.45) is 5.10 Å². The second-order valence-electron chi connectivity index (χ2n) is 5.10. The number of halogens is 1. The SMILES string of the molecule is COc1ccc([N+](=O)[O-])cc1/C=N\NC(=O)CSCc1cccc(Br)c1. The molecule has 0 fully saturated rings. The van der Waals surface area contributed by atoms with Crippen LogP contribution in [0, 0.1) is 10.1 Å². The van der Waals surface area contributed by atoms with Gasteiger partial charge in [-0.15, -0.1) is 11.8 Å². The van der Waals surface area contributed by atoms with Crippen molar-refractivity contribution in [2.75, 3.05) is 12.9 Å². The largest absolute Gasteiger partial charge is 0.496 e. The van der Waals surface area contributed by atoms with Crippen molar-refractivity contribution in [3.63, 3.8) is 0 Å². The summed E-state index contributed by atoms with van der Waals surface area (Å²) in [5, 5.41) is 14.7. The molecule has 2 aromatic carbocycles. The molecule has 0 aliphatic heterocycles. The van der Waals surface area contributed by atoms with Crippen molar-refractivity contribution in [1.29, 1.82) is 0 Å². The van der Waals surface area contributed by atoms with Crippen LogP contribution in [0.25, 0.3) is 0 Å². The van der Waals surface area contributed by atoms with Crippen LogP contribution >= 0.6 is 27.7 Å². The minimum absolute atomic E-state index is 0.0804. The molecule has 0 saturated heterocycles. The second kappa shape index (κ2) is 9.93.